The van der Waals surface area contributed by atoms with Gasteiger partial charge >= 0.3 is 0 Å². The summed E-state index contributed by atoms with van der Waals surface area (Å²) in [4.78, 5) is 16.4. The van der Waals surface area contributed by atoms with E-state index in [1.165, 1.54) is 16.4 Å². The lowest BCUT2D eigenvalue weighted by molar-refractivity contribution is -0.131. The van der Waals surface area contributed by atoms with Crippen LogP contribution in [0.15, 0.2) is 59.5 Å². The van der Waals surface area contributed by atoms with Gasteiger partial charge in [-0.15, -0.1) is 0 Å². The van der Waals surface area contributed by atoms with Crippen molar-refractivity contribution >= 4 is 27.5 Å². The van der Waals surface area contributed by atoms with Crippen molar-refractivity contribution in [3.63, 3.8) is 0 Å². The molecule has 1 amide bonds. The summed E-state index contributed by atoms with van der Waals surface area (Å²) < 4.78 is 26.9. The van der Waals surface area contributed by atoms with E-state index in [0.29, 0.717) is 37.7 Å². The Morgan fingerprint density at radius 2 is 1.61 bits per heavy atom. The average Bonchev–Trinajstić information content (AvgIpc) is 2.69. The van der Waals surface area contributed by atoms with Crippen LogP contribution in [0.5, 0.6) is 0 Å². The normalized spacial score (nSPS) is 16.1. The van der Waals surface area contributed by atoms with Crippen LogP contribution in [0.1, 0.15) is 5.56 Å². The lowest BCUT2D eigenvalue weighted by Crippen LogP contribution is -2.51. The van der Waals surface area contributed by atoms with Crippen LogP contribution in [-0.4, -0.2) is 68.2 Å². The molecule has 0 N–H and O–H groups in total. The van der Waals surface area contributed by atoms with E-state index in [9.17, 15) is 13.2 Å². The third-order valence-electron chi connectivity index (χ3n) is 4.83. The minimum Gasteiger partial charge on any atom is -0.340 e. The Hall–Kier alpha value is -1.93. The fourth-order valence-corrected chi connectivity index (χ4v) is 4.69. The molecule has 1 fully saturated rings. The second kappa shape index (κ2) is 9.05. The number of benzene rings is 2. The van der Waals surface area contributed by atoms with Crippen LogP contribution in [0.4, 0.5) is 0 Å². The van der Waals surface area contributed by atoms with Gasteiger partial charge in [-0.05, 0) is 29.8 Å². The molecule has 150 valence electrons. The molecule has 0 aromatic heterocycles. The summed E-state index contributed by atoms with van der Waals surface area (Å²) in [5.74, 6) is 0.0258. The minimum atomic E-state index is -3.54. The topological polar surface area (TPSA) is 60.9 Å². The molecule has 0 atom stereocenters. The molecule has 1 heterocycles. The van der Waals surface area contributed by atoms with Gasteiger partial charge in [-0.3, -0.25) is 9.69 Å². The van der Waals surface area contributed by atoms with Gasteiger partial charge in [-0.1, -0.05) is 41.9 Å². The van der Waals surface area contributed by atoms with E-state index < -0.39 is 10.0 Å². The highest BCUT2D eigenvalue weighted by Crippen LogP contribution is 2.20. The molecule has 0 bridgehead atoms. The van der Waals surface area contributed by atoms with Crippen molar-refractivity contribution in [1.29, 1.82) is 0 Å². The molecule has 1 saturated heterocycles. The molecule has 2 aromatic rings. The second-order valence-electron chi connectivity index (χ2n) is 6.87. The number of hydrogen-bond acceptors (Lipinski definition) is 4. The molecule has 2 aromatic carbocycles. The van der Waals surface area contributed by atoms with Gasteiger partial charge in [-0.2, -0.15) is 4.31 Å². The Morgan fingerprint density at radius 3 is 2.21 bits per heavy atom. The number of carbonyl (C=O) groups is 1. The van der Waals surface area contributed by atoms with Gasteiger partial charge in [0.2, 0.25) is 15.9 Å². The smallest absolute Gasteiger partial charge is 0.243 e. The van der Waals surface area contributed by atoms with Crippen molar-refractivity contribution in [1.82, 2.24) is 14.1 Å². The monoisotopic (exact) mass is 421 g/mol. The Balaban J connectivity index is 1.52. The zero-order valence-corrected chi connectivity index (χ0v) is 17.4. The summed E-state index contributed by atoms with van der Waals surface area (Å²) in [5.41, 5.74) is 1.08. The van der Waals surface area contributed by atoms with Crippen LogP contribution in [0.2, 0.25) is 5.02 Å². The Labute approximate surface area is 171 Å². The summed E-state index contributed by atoms with van der Waals surface area (Å²) in [7, 11) is -1.75. The van der Waals surface area contributed by atoms with E-state index in [4.69, 9.17) is 11.6 Å². The number of halogens is 1. The van der Waals surface area contributed by atoms with Gasteiger partial charge in [0.05, 0.1) is 11.4 Å². The molecule has 6 nitrogen and oxygen atoms in total. The standard InChI is InChI=1S/C20H24ClN3O3S/c1-22(15-17-5-3-2-4-6-17)20(25)16-23-11-13-24(14-12-23)28(26,27)19-9-7-18(21)8-10-19/h2-10H,11-16H2,1H3. The summed E-state index contributed by atoms with van der Waals surface area (Å²) in [6.07, 6.45) is 0. The Bertz CT molecular complexity index is 896. The SMILES string of the molecule is CN(Cc1ccccc1)C(=O)CN1CCN(S(=O)(=O)c2ccc(Cl)cc2)CC1. The maximum atomic E-state index is 12.7. The predicted molar refractivity (Wildman–Crippen MR) is 110 cm³/mol. The molecule has 0 radical (unpaired) electrons. The van der Waals surface area contributed by atoms with Crippen molar-refractivity contribution in [3.8, 4) is 0 Å². The van der Waals surface area contributed by atoms with Crippen molar-refractivity contribution < 1.29 is 13.2 Å². The molecule has 8 heteroatoms. The summed E-state index contributed by atoms with van der Waals surface area (Å²) in [5, 5.41) is 0.502. The molecule has 28 heavy (non-hydrogen) atoms. The first kappa shape index (κ1) is 20.8. The molecular weight excluding hydrogens is 398 g/mol. The van der Waals surface area contributed by atoms with E-state index in [2.05, 4.69) is 0 Å². The average molecular weight is 422 g/mol. The van der Waals surface area contributed by atoms with E-state index in [1.807, 2.05) is 35.2 Å². The minimum absolute atomic E-state index is 0.0258. The highest BCUT2D eigenvalue weighted by atomic mass is 35.5. The first-order valence-corrected chi connectivity index (χ1v) is 10.9. The van der Waals surface area contributed by atoms with E-state index in [1.54, 1.807) is 24.1 Å². The lowest BCUT2D eigenvalue weighted by atomic mass is 10.2. The number of amides is 1. The quantitative estimate of drug-likeness (QED) is 0.718. The number of nitrogens with zero attached hydrogens (tertiary/aromatic N) is 3. The van der Waals surface area contributed by atoms with Gasteiger partial charge in [0, 0.05) is 44.8 Å². The predicted octanol–water partition coefficient (Wildman–Crippen LogP) is 2.30. The maximum Gasteiger partial charge on any atom is 0.243 e. The van der Waals surface area contributed by atoms with Crippen LogP contribution in [0.25, 0.3) is 0 Å². The van der Waals surface area contributed by atoms with Crippen LogP contribution in [-0.2, 0) is 21.4 Å². The highest BCUT2D eigenvalue weighted by molar-refractivity contribution is 7.89. The zero-order chi connectivity index (χ0) is 20.1. The number of likely N-dealkylation sites (N-methyl/N-ethyl adjacent to an activating group) is 1. The lowest BCUT2D eigenvalue weighted by Gasteiger charge is -2.34. The first-order valence-electron chi connectivity index (χ1n) is 9.12. The van der Waals surface area contributed by atoms with Crippen molar-refractivity contribution in [2.75, 3.05) is 39.8 Å². The number of sulfonamides is 1. The second-order valence-corrected chi connectivity index (χ2v) is 9.24. The van der Waals surface area contributed by atoms with Gasteiger partial charge in [-0.25, -0.2) is 8.42 Å². The fraction of sp³-hybridized carbons (Fsp3) is 0.350. The Kier molecular flexibility index (Phi) is 6.72. The summed E-state index contributed by atoms with van der Waals surface area (Å²) in [6, 6.07) is 16.0. The van der Waals surface area contributed by atoms with E-state index in [-0.39, 0.29) is 17.3 Å². The third kappa shape index (κ3) is 5.11. The van der Waals surface area contributed by atoms with Gasteiger partial charge in [0.1, 0.15) is 0 Å². The summed E-state index contributed by atoms with van der Waals surface area (Å²) in [6.45, 7) is 2.62. The molecule has 0 aliphatic carbocycles. The molecule has 0 unspecified atom stereocenters. The first-order chi connectivity index (χ1) is 13.4. The number of rotatable bonds is 6. The van der Waals surface area contributed by atoms with Crippen molar-refractivity contribution in [2.45, 2.75) is 11.4 Å². The van der Waals surface area contributed by atoms with E-state index in [0.717, 1.165) is 5.56 Å². The van der Waals surface area contributed by atoms with Gasteiger partial charge < -0.3 is 4.90 Å². The fourth-order valence-electron chi connectivity index (χ4n) is 3.14. The van der Waals surface area contributed by atoms with Crippen LogP contribution in [0, 0.1) is 0 Å². The van der Waals surface area contributed by atoms with Gasteiger partial charge in [0.15, 0.2) is 0 Å². The number of carbonyl (C=O) groups excluding carboxylic acids is 1. The summed E-state index contributed by atoms with van der Waals surface area (Å²) >= 11 is 5.84. The van der Waals surface area contributed by atoms with Crippen molar-refractivity contribution in [3.05, 3.63) is 65.2 Å². The molecule has 3 rings (SSSR count). The van der Waals surface area contributed by atoms with Gasteiger partial charge in [0.25, 0.3) is 0 Å². The maximum absolute atomic E-state index is 12.7. The largest absolute Gasteiger partial charge is 0.340 e. The van der Waals surface area contributed by atoms with Crippen LogP contribution in [0.3, 0.4) is 0 Å². The van der Waals surface area contributed by atoms with Crippen LogP contribution < -0.4 is 0 Å². The molecule has 0 spiro atoms. The molecule has 0 saturated carbocycles. The van der Waals surface area contributed by atoms with Crippen molar-refractivity contribution in [2.24, 2.45) is 0 Å². The highest BCUT2D eigenvalue weighted by Gasteiger charge is 2.29. The molecule has 1 aliphatic rings. The number of piperazine rings is 1. The molecule has 1 aliphatic heterocycles. The van der Waals surface area contributed by atoms with E-state index >= 15 is 0 Å². The zero-order valence-electron chi connectivity index (χ0n) is 15.8. The molecular formula is C20H24ClN3O3S. The third-order valence-corrected chi connectivity index (χ3v) is 6.99. The Morgan fingerprint density at radius 1 is 1.00 bits per heavy atom. The number of hydrogen-bond donors (Lipinski definition) is 0. The van der Waals surface area contributed by atoms with Crippen LogP contribution >= 0.6 is 11.6 Å².